The molecular formula is C14H13N3O2. The summed E-state index contributed by atoms with van der Waals surface area (Å²) in [5, 5.41) is 6.18. The number of benzene rings is 2. The summed E-state index contributed by atoms with van der Waals surface area (Å²) in [6.07, 6.45) is 0. The summed E-state index contributed by atoms with van der Waals surface area (Å²) in [5.41, 5.74) is 0.656. The van der Waals surface area contributed by atoms with Crippen LogP contribution in [-0.4, -0.2) is 21.9 Å². The molecule has 0 amide bonds. The third-order valence-electron chi connectivity index (χ3n) is 3.13. The maximum Gasteiger partial charge on any atom is 0.343 e. The van der Waals surface area contributed by atoms with E-state index in [2.05, 4.69) is 10.1 Å². The van der Waals surface area contributed by atoms with Crippen LogP contribution in [0.15, 0.2) is 41.2 Å². The minimum atomic E-state index is -0.227. The molecule has 96 valence electrons. The number of nitrogens with zero attached hydrogens (tertiary/aromatic N) is 2. The van der Waals surface area contributed by atoms with Crippen LogP contribution < -0.4 is 10.4 Å². The van der Waals surface area contributed by atoms with Crippen molar-refractivity contribution in [2.45, 2.75) is 0 Å². The van der Waals surface area contributed by atoms with Crippen LogP contribution in [0.3, 0.4) is 0 Å². The lowest BCUT2D eigenvalue weighted by Crippen LogP contribution is -2.13. The number of aryl methyl sites for hydroxylation is 1. The number of aromatic amines is 1. The molecule has 19 heavy (non-hydrogen) atoms. The van der Waals surface area contributed by atoms with E-state index in [1.807, 2.05) is 36.4 Å². The second-order valence-electron chi connectivity index (χ2n) is 4.26. The molecule has 5 heteroatoms. The number of fused-ring (bicyclic) bond motifs is 1. The van der Waals surface area contributed by atoms with E-state index in [1.54, 1.807) is 14.2 Å². The lowest BCUT2D eigenvalue weighted by molar-refractivity contribution is 0.420. The molecule has 1 N–H and O–H groups in total. The Morgan fingerprint density at radius 2 is 1.89 bits per heavy atom. The molecule has 0 bridgehead atoms. The average molecular weight is 255 g/mol. The number of methoxy groups -OCH3 is 1. The minimum Gasteiger partial charge on any atom is -0.496 e. The molecule has 2 aromatic carbocycles. The van der Waals surface area contributed by atoms with Gasteiger partial charge in [0.05, 0.1) is 7.11 Å². The number of aromatic nitrogens is 3. The molecule has 3 rings (SSSR count). The fourth-order valence-electron chi connectivity index (χ4n) is 2.18. The Morgan fingerprint density at radius 3 is 2.53 bits per heavy atom. The van der Waals surface area contributed by atoms with E-state index in [1.165, 1.54) is 4.68 Å². The van der Waals surface area contributed by atoms with Crippen molar-refractivity contribution in [1.82, 2.24) is 14.8 Å². The smallest absolute Gasteiger partial charge is 0.343 e. The molecule has 3 aromatic rings. The fourth-order valence-corrected chi connectivity index (χ4v) is 2.18. The molecule has 0 unspecified atom stereocenters. The highest BCUT2D eigenvalue weighted by atomic mass is 16.5. The van der Waals surface area contributed by atoms with Crippen molar-refractivity contribution < 1.29 is 4.74 Å². The Labute approximate surface area is 109 Å². The minimum absolute atomic E-state index is 0.227. The molecule has 0 fully saturated rings. The highest BCUT2D eigenvalue weighted by Crippen LogP contribution is 2.32. The summed E-state index contributed by atoms with van der Waals surface area (Å²) in [4.78, 5) is 14.2. The van der Waals surface area contributed by atoms with Crippen LogP contribution in [0.1, 0.15) is 0 Å². The van der Waals surface area contributed by atoms with E-state index >= 15 is 0 Å². The van der Waals surface area contributed by atoms with Gasteiger partial charge in [-0.2, -0.15) is 5.10 Å². The van der Waals surface area contributed by atoms with Crippen LogP contribution >= 0.6 is 0 Å². The molecule has 1 aromatic heterocycles. The Kier molecular flexibility index (Phi) is 2.59. The zero-order valence-corrected chi connectivity index (χ0v) is 10.7. The van der Waals surface area contributed by atoms with Gasteiger partial charge in [0.25, 0.3) is 0 Å². The van der Waals surface area contributed by atoms with Gasteiger partial charge in [-0.3, -0.25) is 4.98 Å². The topological polar surface area (TPSA) is 59.9 Å². The van der Waals surface area contributed by atoms with E-state index in [9.17, 15) is 4.79 Å². The van der Waals surface area contributed by atoms with Gasteiger partial charge >= 0.3 is 5.69 Å². The van der Waals surface area contributed by atoms with Gasteiger partial charge in [-0.1, -0.05) is 24.3 Å². The first kappa shape index (κ1) is 11.5. The first-order valence-corrected chi connectivity index (χ1v) is 5.90. The van der Waals surface area contributed by atoms with E-state index in [0.29, 0.717) is 5.82 Å². The monoisotopic (exact) mass is 255 g/mol. The Morgan fingerprint density at radius 1 is 1.16 bits per heavy atom. The van der Waals surface area contributed by atoms with Gasteiger partial charge in [-0.15, -0.1) is 0 Å². The predicted octanol–water partition coefficient (Wildman–Crippen LogP) is 1.94. The fraction of sp³-hybridized carbons (Fsp3) is 0.143. The van der Waals surface area contributed by atoms with Crippen LogP contribution in [0.25, 0.3) is 22.2 Å². The Balaban J connectivity index is 2.33. The van der Waals surface area contributed by atoms with Crippen molar-refractivity contribution in [3.8, 4) is 17.1 Å². The lowest BCUT2D eigenvalue weighted by atomic mass is 10.0. The highest BCUT2D eigenvalue weighted by Gasteiger charge is 2.11. The lowest BCUT2D eigenvalue weighted by Gasteiger charge is -2.08. The SMILES string of the molecule is COc1ccc(-c2nn(C)c(=O)[nH]2)c2ccccc12. The highest BCUT2D eigenvalue weighted by molar-refractivity contribution is 5.98. The van der Waals surface area contributed by atoms with Crippen molar-refractivity contribution in [2.75, 3.05) is 7.11 Å². The number of rotatable bonds is 2. The summed E-state index contributed by atoms with van der Waals surface area (Å²) in [6, 6.07) is 11.7. The van der Waals surface area contributed by atoms with E-state index < -0.39 is 0 Å². The van der Waals surface area contributed by atoms with Gasteiger partial charge in [0.15, 0.2) is 5.82 Å². The third kappa shape index (κ3) is 1.79. The average Bonchev–Trinajstić information content (AvgIpc) is 2.77. The van der Waals surface area contributed by atoms with Gasteiger partial charge in [0.2, 0.25) is 0 Å². The molecule has 5 nitrogen and oxygen atoms in total. The van der Waals surface area contributed by atoms with Crippen LogP contribution in [-0.2, 0) is 7.05 Å². The van der Waals surface area contributed by atoms with E-state index in [-0.39, 0.29) is 5.69 Å². The van der Waals surface area contributed by atoms with Crippen molar-refractivity contribution in [3.63, 3.8) is 0 Å². The number of hydrogen-bond donors (Lipinski definition) is 1. The first-order chi connectivity index (χ1) is 9.20. The predicted molar refractivity (Wildman–Crippen MR) is 73.3 cm³/mol. The molecular weight excluding hydrogens is 242 g/mol. The Hall–Kier alpha value is -2.56. The van der Waals surface area contributed by atoms with Gasteiger partial charge in [-0.05, 0) is 17.5 Å². The molecule has 0 spiro atoms. The van der Waals surface area contributed by atoms with Crippen LogP contribution in [0.4, 0.5) is 0 Å². The molecule has 0 radical (unpaired) electrons. The zero-order chi connectivity index (χ0) is 13.4. The standard InChI is InChI=1S/C14H13N3O2/c1-17-14(18)15-13(16-17)11-7-8-12(19-2)10-6-4-3-5-9(10)11/h3-8H,1-2H3,(H,15,16,18). The van der Waals surface area contributed by atoms with Crippen molar-refractivity contribution >= 4 is 10.8 Å². The summed E-state index contributed by atoms with van der Waals surface area (Å²) in [5.74, 6) is 1.36. The maximum absolute atomic E-state index is 11.5. The van der Waals surface area contributed by atoms with Crippen LogP contribution in [0.2, 0.25) is 0 Å². The van der Waals surface area contributed by atoms with E-state index in [0.717, 1.165) is 22.1 Å². The van der Waals surface area contributed by atoms with E-state index in [4.69, 9.17) is 4.74 Å². The number of hydrogen-bond acceptors (Lipinski definition) is 3. The molecule has 0 aliphatic carbocycles. The normalized spacial score (nSPS) is 10.8. The number of nitrogens with one attached hydrogen (secondary N) is 1. The molecule has 0 aliphatic rings. The van der Waals surface area contributed by atoms with Gasteiger partial charge in [0.1, 0.15) is 5.75 Å². The summed E-state index contributed by atoms with van der Waals surface area (Å²) in [7, 11) is 3.26. The number of ether oxygens (including phenoxy) is 1. The van der Waals surface area contributed by atoms with Gasteiger partial charge in [-0.25, -0.2) is 9.48 Å². The summed E-state index contributed by atoms with van der Waals surface area (Å²) < 4.78 is 6.64. The Bertz CT molecular complexity index is 802. The zero-order valence-electron chi connectivity index (χ0n) is 10.7. The summed E-state index contributed by atoms with van der Waals surface area (Å²) in [6.45, 7) is 0. The number of H-pyrrole nitrogens is 1. The van der Waals surface area contributed by atoms with Crippen LogP contribution in [0, 0.1) is 0 Å². The third-order valence-corrected chi connectivity index (χ3v) is 3.13. The van der Waals surface area contributed by atoms with Crippen molar-refractivity contribution in [2.24, 2.45) is 7.05 Å². The van der Waals surface area contributed by atoms with Crippen molar-refractivity contribution in [3.05, 3.63) is 46.9 Å². The molecule has 0 aliphatic heterocycles. The molecule has 1 heterocycles. The molecule has 0 atom stereocenters. The second-order valence-corrected chi connectivity index (χ2v) is 4.26. The maximum atomic E-state index is 11.5. The van der Waals surface area contributed by atoms with Crippen molar-refractivity contribution in [1.29, 1.82) is 0 Å². The quantitative estimate of drug-likeness (QED) is 0.761. The molecule has 0 saturated carbocycles. The largest absolute Gasteiger partial charge is 0.496 e. The molecule has 0 saturated heterocycles. The first-order valence-electron chi connectivity index (χ1n) is 5.90. The van der Waals surface area contributed by atoms with Gasteiger partial charge < -0.3 is 4.74 Å². The summed E-state index contributed by atoms with van der Waals surface area (Å²) >= 11 is 0. The second kappa shape index (κ2) is 4.28. The van der Waals surface area contributed by atoms with Crippen LogP contribution in [0.5, 0.6) is 5.75 Å². The van der Waals surface area contributed by atoms with Gasteiger partial charge in [0, 0.05) is 18.0 Å².